The Balaban J connectivity index is 2.24. The van der Waals surface area contributed by atoms with Crippen molar-refractivity contribution in [3.63, 3.8) is 0 Å². The van der Waals surface area contributed by atoms with Crippen LogP contribution in [0.15, 0.2) is 0 Å². The average molecular weight is 186 g/mol. The van der Waals surface area contributed by atoms with Crippen LogP contribution >= 0.6 is 0 Å². The van der Waals surface area contributed by atoms with Gasteiger partial charge < -0.3 is 9.84 Å². The molecule has 0 bridgehead atoms. The van der Waals surface area contributed by atoms with E-state index < -0.39 is 0 Å². The molecule has 0 spiro atoms. The smallest absolute Gasteiger partial charge is 0.0594 e. The molecule has 78 valence electrons. The van der Waals surface area contributed by atoms with Crippen molar-refractivity contribution in [2.75, 3.05) is 13.7 Å². The fourth-order valence-electron chi connectivity index (χ4n) is 2.29. The molecule has 2 nitrogen and oxygen atoms in total. The maximum Gasteiger partial charge on any atom is 0.0594 e. The molecule has 0 aromatic carbocycles. The first-order valence-electron chi connectivity index (χ1n) is 5.36. The molecule has 0 aromatic heterocycles. The third-order valence-electron chi connectivity index (χ3n) is 3.38. The highest BCUT2D eigenvalue weighted by atomic mass is 16.5. The zero-order chi connectivity index (χ0) is 9.73. The number of methoxy groups -OCH3 is 1. The van der Waals surface area contributed by atoms with Gasteiger partial charge in [0.1, 0.15) is 0 Å². The van der Waals surface area contributed by atoms with Crippen LogP contribution in [0.1, 0.15) is 45.4 Å². The van der Waals surface area contributed by atoms with Gasteiger partial charge in [0, 0.05) is 13.7 Å². The topological polar surface area (TPSA) is 29.5 Å². The van der Waals surface area contributed by atoms with Crippen molar-refractivity contribution in [1.29, 1.82) is 0 Å². The van der Waals surface area contributed by atoms with Gasteiger partial charge in [-0.3, -0.25) is 0 Å². The fraction of sp³-hybridized carbons (Fsp3) is 1.00. The van der Waals surface area contributed by atoms with Gasteiger partial charge in [0.05, 0.1) is 6.10 Å². The van der Waals surface area contributed by atoms with Crippen LogP contribution in [0, 0.1) is 5.41 Å². The van der Waals surface area contributed by atoms with Gasteiger partial charge in [0.25, 0.3) is 0 Å². The summed E-state index contributed by atoms with van der Waals surface area (Å²) in [5, 5.41) is 9.98. The average Bonchev–Trinajstić information content (AvgIpc) is 2.54. The normalized spacial score (nSPS) is 23.3. The highest BCUT2D eigenvalue weighted by Gasteiger charge is 2.35. The lowest BCUT2D eigenvalue weighted by molar-refractivity contribution is 0.0279. The molecule has 1 fully saturated rings. The molecule has 1 atom stereocenters. The Labute approximate surface area is 81.3 Å². The lowest BCUT2D eigenvalue weighted by atomic mass is 9.80. The van der Waals surface area contributed by atoms with Crippen LogP contribution in [0.25, 0.3) is 0 Å². The van der Waals surface area contributed by atoms with Gasteiger partial charge in [-0.25, -0.2) is 0 Å². The molecule has 1 unspecified atom stereocenters. The van der Waals surface area contributed by atoms with Gasteiger partial charge in [0.2, 0.25) is 0 Å². The van der Waals surface area contributed by atoms with Crippen LogP contribution in [0.2, 0.25) is 0 Å². The second kappa shape index (κ2) is 4.97. The lowest BCUT2D eigenvalue weighted by Crippen LogP contribution is -2.29. The summed E-state index contributed by atoms with van der Waals surface area (Å²) < 4.78 is 4.98. The quantitative estimate of drug-likeness (QED) is 0.668. The minimum atomic E-state index is -0.120. The highest BCUT2D eigenvalue weighted by molar-refractivity contribution is 4.86. The first-order chi connectivity index (χ1) is 6.19. The number of aliphatic hydroxyl groups excluding tert-OH is 1. The number of hydrogen-bond acceptors (Lipinski definition) is 2. The zero-order valence-electron chi connectivity index (χ0n) is 8.88. The highest BCUT2D eigenvalue weighted by Crippen LogP contribution is 2.41. The predicted octanol–water partition coefficient (Wildman–Crippen LogP) is 2.35. The maximum absolute atomic E-state index is 9.98. The van der Waals surface area contributed by atoms with E-state index in [0.717, 1.165) is 19.4 Å². The van der Waals surface area contributed by atoms with Crippen LogP contribution in [-0.2, 0) is 4.74 Å². The van der Waals surface area contributed by atoms with E-state index >= 15 is 0 Å². The van der Waals surface area contributed by atoms with Crippen molar-refractivity contribution in [3.05, 3.63) is 0 Å². The number of aliphatic hydroxyl groups is 1. The molecule has 13 heavy (non-hydrogen) atoms. The summed E-state index contributed by atoms with van der Waals surface area (Å²) in [5.41, 5.74) is 0.202. The third-order valence-corrected chi connectivity index (χ3v) is 3.38. The lowest BCUT2D eigenvalue weighted by Gasteiger charge is -2.29. The van der Waals surface area contributed by atoms with Crippen molar-refractivity contribution in [2.24, 2.45) is 5.41 Å². The van der Waals surface area contributed by atoms with Crippen LogP contribution in [0.5, 0.6) is 0 Å². The van der Waals surface area contributed by atoms with E-state index in [0.29, 0.717) is 0 Å². The number of hydrogen-bond donors (Lipinski definition) is 1. The maximum atomic E-state index is 9.98. The van der Waals surface area contributed by atoms with Crippen molar-refractivity contribution in [3.8, 4) is 0 Å². The number of ether oxygens (including phenoxy) is 1. The Morgan fingerprint density at radius 2 is 2.00 bits per heavy atom. The Kier molecular flexibility index (Phi) is 4.20. The fourth-order valence-corrected chi connectivity index (χ4v) is 2.29. The van der Waals surface area contributed by atoms with E-state index in [4.69, 9.17) is 4.74 Å². The molecule has 1 saturated carbocycles. The molecular weight excluding hydrogens is 164 g/mol. The summed E-state index contributed by atoms with van der Waals surface area (Å²) in [4.78, 5) is 0. The molecule has 0 radical (unpaired) electrons. The minimum Gasteiger partial charge on any atom is -0.393 e. The zero-order valence-corrected chi connectivity index (χ0v) is 8.88. The molecule has 0 saturated heterocycles. The molecule has 0 amide bonds. The second-order valence-electron chi connectivity index (χ2n) is 4.51. The Bertz CT molecular complexity index is 139. The van der Waals surface area contributed by atoms with E-state index in [2.05, 4.69) is 6.92 Å². The van der Waals surface area contributed by atoms with Gasteiger partial charge in [0.15, 0.2) is 0 Å². The third kappa shape index (κ3) is 2.96. The Morgan fingerprint density at radius 3 is 2.54 bits per heavy atom. The Morgan fingerprint density at radius 1 is 1.38 bits per heavy atom. The van der Waals surface area contributed by atoms with Crippen molar-refractivity contribution >= 4 is 0 Å². The summed E-state index contributed by atoms with van der Waals surface area (Å²) in [5.74, 6) is 0. The molecule has 0 aliphatic heterocycles. The van der Waals surface area contributed by atoms with Gasteiger partial charge in [-0.05, 0) is 31.1 Å². The summed E-state index contributed by atoms with van der Waals surface area (Å²) in [6.07, 6.45) is 6.72. The van der Waals surface area contributed by atoms with Gasteiger partial charge in [-0.2, -0.15) is 0 Å². The predicted molar refractivity (Wildman–Crippen MR) is 53.7 cm³/mol. The molecule has 1 aliphatic carbocycles. The largest absolute Gasteiger partial charge is 0.393 e. The Hall–Kier alpha value is -0.0800. The van der Waals surface area contributed by atoms with E-state index in [9.17, 15) is 5.11 Å². The van der Waals surface area contributed by atoms with Crippen LogP contribution < -0.4 is 0 Å². The van der Waals surface area contributed by atoms with Crippen LogP contribution in [0.3, 0.4) is 0 Å². The summed E-state index contributed by atoms with van der Waals surface area (Å²) in [6, 6.07) is 0. The van der Waals surface area contributed by atoms with Crippen LogP contribution in [0.4, 0.5) is 0 Å². The molecule has 2 heteroatoms. The van der Waals surface area contributed by atoms with E-state index in [1.807, 2.05) is 0 Å². The molecule has 1 rings (SSSR count). The molecule has 1 N–H and O–H groups in total. The molecule has 0 aromatic rings. The van der Waals surface area contributed by atoms with Crippen LogP contribution in [-0.4, -0.2) is 24.9 Å². The first kappa shape index (κ1) is 11.0. The van der Waals surface area contributed by atoms with Crippen molar-refractivity contribution < 1.29 is 9.84 Å². The van der Waals surface area contributed by atoms with Gasteiger partial charge in [-0.15, -0.1) is 0 Å². The van der Waals surface area contributed by atoms with E-state index in [1.165, 1.54) is 25.7 Å². The monoisotopic (exact) mass is 186 g/mol. The van der Waals surface area contributed by atoms with Crippen molar-refractivity contribution in [1.82, 2.24) is 0 Å². The number of rotatable bonds is 5. The summed E-state index contributed by atoms with van der Waals surface area (Å²) >= 11 is 0. The standard InChI is InChI=1S/C11H22O2/c1-11(7-3-4-8-11)10(12)6-5-9-13-2/h10,12H,3-9H2,1-2H3. The molecule has 0 heterocycles. The van der Waals surface area contributed by atoms with Crippen molar-refractivity contribution in [2.45, 2.75) is 51.6 Å². The molecular formula is C11H22O2. The minimum absolute atomic E-state index is 0.120. The van der Waals surface area contributed by atoms with Gasteiger partial charge >= 0.3 is 0 Å². The molecule has 1 aliphatic rings. The second-order valence-corrected chi connectivity index (χ2v) is 4.51. The summed E-state index contributed by atoms with van der Waals surface area (Å²) in [6.45, 7) is 2.99. The summed E-state index contributed by atoms with van der Waals surface area (Å²) in [7, 11) is 1.71. The SMILES string of the molecule is COCCCC(O)C1(C)CCCC1. The van der Waals surface area contributed by atoms with Gasteiger partial charge in [-0.1, -0.05) is 19.8 Å². The van der Waals surface area contributed by atoms with E-state index in [1.54, 1.807) is 7.11 Å². The van der Waals surface area contributed by atoms with E-state index in [-0.39, 0.29) is 11.5 Å². The first-order valence-corrected chi connectivity index (χ1v) is 5.36.